The number of ether oxygens (including phenoxy) is 1. The monoisotopic (exact) mass is 222 g/mol. The highest BCUT2D eigenvalue weighted by Crippen LogP contribution is 2.06. The van der Waals surface area contributed by atoms with Crippen molar-refractivity contribution in [2.75, 3.05) is 12.3 Å². The van der Waals surface area contributed by atoms with E-state index in [2.05, 4.69) is 11.9 Å². The van der Waals surface area contributed by atoms with Crippen molar-refractivity contribution in [3.05, 3.63) is 23.9 Å². The largest absolute Gasteiger partial charge is 0.384 e. The van der Waals surface area contributed by atoms with Crippen LogP contribution < -0.4 is 5.73 Å². The molecule has 90 valence electrons. The molecule has 0 aliphatic heterocycles. The molecule has 0 radical (unpaired) electrons. The molecule has 1 aromatic heterocycles. The molecule has 3 heteroatoms. The topological polar surface area (TPSA) is 48.1 Å². The number of hydrogen-bond donors (Lipinski definition) is 1. The van der Waals surface area contributed by atoms with Crippen LogP contribution >= 0.6 is 0 Å². The average molecular weight is 222 g/mol. The van der Waals surface area contributed by atoms with Crippen LogP contribution in [0.3, 0.4) is 0 Å². The first kappa shape index (κ1) is 13.0. The highest BCUT2D eigenvalue weighted by atomic mass is 16.5. The number of nitrogens with two attached hydrogens (primary N) is 1. The van der Waals surface area contributed by atoms with Gasteiger partial charge in [-0.05, 0) is 24.1 Å². The highest BCUT2D eigenvalue weighted by molar-refractivity contribution is 5.31. The van der Waals surface area contributed by atoms with E-state index < -0.39 is 0 Å². The third kappa shape index (κ3) is 5.71. The third-order valence-electron chi connectivity index (χ3n) is 2.51. The predicted molar refractivity (Wildman–Crippen MR) is 67.1 cm³/mol. The average Bonchev–Trinajstić information content (AvgIpc) is 2.28. The minimum absolute atomic E-state index is 0.559. The van der Waals surface area contributed by atoms with Crippen molar-refractivity contribution in [1.82, 2.24) is 4.98 Å². The van der Waals surface area contributed by atoms with Crippen LogP contribution in [0.2, 0.25) is 0 Å². The van der Waals surface area contributed by atoms with Gasteiger partial charge in [0.1, 0.15) is 5.82 Å². The lowest BCUT2D eigenvalue weighted by atomic mass is 10.2. The lowest BCUT2D eigenvalue weighted by molar-refractivity contribution is 0.116. The van der Waals surface area contributed by atoms with E-state index in [-0.39, 0.29) is 0 Å². The SMILES string of the molecule is CCCCCCCOCc1ccnc(N)c1. The first-order valence-electron chi connectivity index (χ1n) is 6.11. The van der Waals surface area contributed by atoms with Crippen LogP contribution in [0.15, 0.2) is 18.3 Å². The summed E-state index contributed by atoms with van der Waals surface area (Å²) in [4.78, 5) is 3.94. The van der Waals surface area contributed by atoms with Crippen molar-refractivity contribution >= 4 is 5.82 Å². The molecular formula is C13H22N2O. The molecule has 0 unspecified atom stereocenters. The summed E-state index contributed by atoms with van der Waals surface area (Å²) >= 11 is 0. The molecule has 0 aliphatic rings. The molecule has 0 aliphatic carbocycles. The molecule has 0 amide bonds. The number of aromatic nitrogens is 1. The number of nitrogen functional groups attached to an aromatic ring is 1. The standard InChI is InChI=1S/C13H22N2O/c1-2-3-4-5-6-9-16-11-12-7-8-15-13(14)10-12/h7-8,10H,2-6,9,11H2,1H3,(H2,14,15). The van der Waals surface area contributed by atoms with E-state index in [1.807, 2.05) is 12.1 Å². The fraction of sp³-hybridized carbons (Fsp3) is 0.615. The molecular weight excluding hydrogens is 200 g/mol. The van der Waals surface area contributed by atoms with Crippen LogP contribution in [0, 0.1) is 0 Å². The van der Waals surface area contributed by atoms with Crippen LogP contribution in [0.4, 0.5) is 5.82 Å². The third-order valence-corrected chi connectivity index (χ3v) is 2.51. The zero-order chi connectivity index (χ0) is 11.6. The Kier molecular flexibility index (Phi) is 6.58. The predicted octanol–water partition coefficient (Wildman–Crippen LogP) is 3.15. The highest BCUT2D eigenvalue weighted by Gasteiger charge is 1.95. The number of pyridine rings is 1. The Morgan fingerprint density at radius 3 is 2.81 bits per heavy atom. The normalized spacial score (nSPS) is 10.6. The number of unbranched alkanes of at least 4 members (excludes halogenated alkanes) is 4. The van der Waals surface area contributed by atoms with Gasteiger partial charge in [-0.3, -0.25) is 0 Å². The van der Waals surface area contributed by atoms with E-state index in [4.69, 9.17) is 10.5 Å². The fourth-order valence-electron chi connectivity index (χ4n) is 1.58. The van der Waals surface area contributed by atoms with Gasteiger partial charge in [0.15, 0.2) is 0 Å². The van der Waals surface area contributed by atoms with E-state index in [1.165, 1.54) is 25.7 Å². The molecule has 0 saturated carbocycles. The van der Waals surface area contributed by atoms with Gasteiger partial charge in [-0.25, -0.2) is 4.98 Å². The van der Waals surface area contributed by atoms with E-state index in [1.54, 1.807) is 6.20 Å². The van der Waals surface area contributed by atoms with Crippen molar-refractivity contribution in [2.24, 2.45) is 0 Å². The summed E-state index contributed by atoms with van der Waals surface area (Å²) in [5.41, 5.74) is 6.68. The summed E-state index contributed by atoms with van der Waals surface area (Å²) in [7, 11) is 0. The zero-order valence-corrected chi connectivity index (χ0v) is 10.1. The van der Waals surface area contributed by atoms with Gasteiger partial charge in [0.25, 0.3) is 0 Å². The maximum atomic E-state index is 5.58. The maximum absolute atomic E-state index is 5.58. The molecule has 1 aromatic rings. The van der Waals surface area contributed by atoms with Gasteiger partial charge in [-0.15, -0.1) is 0 Å². The summed E-state index contributed by atoms with van der Waals surface area (Å²) < 4.78 is 5.57. The minimum Gasteiger partial charge on any atom is -0.384 e. The Balaban J connectivity index is 2.03. The van der Waals surface area contributed by atoms with Gasteiger partial charge >= 0.3 is 0 Å². The Morgan fingerprint density at radius 2 is 2.06 bits per heavy atom. The van der Waals surface area contributed by atoms with Crippen molar-refractivity contribution in [2.45, 2.75) is 45.6 Å². The maximum Gasteiger partial charge on any atom is 0.123 e. The first-order chi connectivity index (χ1) is 7.83. The van der Waals surface area contributed by atoms with Gasteiger partial charge in [0, 0.05) is 12.8 Å². The lowest BCUT2D eigenvalue weighted by Crippen LogP contribution is -1.97. The van der Waals surface area contributed by atoms with Crippen molar-refractivity contribution < 1.29 is 4.74 Å². The number of rotatable bonds is 8. The van der Waals surface area contributed by atoms with E-state index in [0.717, 1.165) is 18.6 Å². The van der Waals surface area contributed by atoms with Gasteiger partial charge in [0.2, 0.25) is 0 Å². The molecule has 0 fully saturated rings. The Hall–Kier alpha value is -1.09. The summed E-state index contributed by atoms with van der Waals surface area (Å²) in [6.07, 6.45) is 8.09. The van der Waals surface area contributed by atoms with Crippen molar-refractivity contribution in [1.29, 1.82) is 0 Å². The molecule has 0 aromatic carbocycles. The lowest BCUT2D eigenvalue weighted by Gasteiger charge is -2.04. The Labute approximate surface area is 98.0 Å². The fourth-order valence-corrected chi connectivity index (χ4v) is 1.58. The van der Waals surface area contributed by atoms with Crippen LogP contribution in [-0.4, -0.2) is 11.6 Å². The van der Waals surface area contributed by atoms with E-state index in [9.17, 15) is 0 Å². The molecule has 16 heavy (non-hydrogen) atoms. The van der Waals surface area contributed by atoms with E-state index in [0.29, 0.717) is 12.4 Å². The van der Waals surface area contributed by atoms with Gasteiger partial charge in [0.05, 0.1) is 6.61 Å². The quantitative estimate of drug-likeness (QED) is 0.687. The number of nitrogens with zero attached hydrogens (tertiary/aromatic N) is 1. The first-order valence-corrected chi connectivity index (χ1v) is 6.11. The van der Waals surface area contributed by atoms with Gasteiger partial charge in [-0.1, -0.05) is 32.6 Å². The van der Waals surface area contributed by atoms with Crippen LogP contribution in [0.5, 0.6) is 0 Å². The second-order valence-electron chi connectivity index (χ2n) is 4.06. The smallest absolute Gasteiger partial charge is 0.123 e. The summed E-state index contributed by atoms with van der Waals surface area (Å²) in [6.45, 7) is 3.71. The summed E-state index contributed by atoms with van der Waals surface area (Å²) in [5.74, 6) is 0.559. The molecule has 2 N–H and O–H groups in total. The van der Waals surface area contributed by atoms with Crippen LogP contribution in [0.25, 0.3) is 0 Å². The minimum atomic E-state index is 0.559. The van der Waals surface area contributed by atoms with Crippen molar-refractivity contribution in [3.8, 4) is 0 Å². The summed E-state index contributed by atoms with van der Waals surface area (Å²) in [5, 5.41) is 0. The second-order valence-corrected chi connectivity index (χ2v) is 4.06. The van der Waals surface area contributed by atoms with Crippen LogP contribution in [0.1, 0.15) is 44.6 Å². The molecule has 0 bridgehead atoms. The number of anilines is 1. The van der Waals surface area contributed by atoms with Crippen LogP contribution in [-0.2, 0) is 11.3 Å². The molecule has 3 nitrogen and oxygen atoms in total. The molecule has 0 atom stereocenters. The van der Waals surface area contributed by atoms with Crippen molar-refractivity contribution in [3.63, 3.8) is 0 Å². The molecule has 1 heterocycles. The molecule has 1 rings (SSSR count). The zero-order valence-electron chi connectivity index (χ0n) is 10.1. The molecule has 0 spiro atoms. The van der Waals surface area contributed by atoms with Gasteiger partial charge < -0.3 is 10.5 Å². The van der Waals surface area contributed by atoms with E-state index >= 15 is 0 Å². The molecule has 0 saturated heterocycles. The van der Waals surface area contributed by atoms with Gasteiger partial charge in [-0.2, -0.15) is 0 Å². The second kappa shape index (κ2) is 8.11. The number of hydrogen-bond acceptors (Lipinski definition) is 3. The summed E-state index contributed by atoms with van der Waals surface area (Å²) in [6, 6.07) is 3.80. The Bertz CT molecular complexity index is 289. The Morgan fingerprint density at radius 1 is 1.25 bits per heavy atom.